The van der Waals surface area contributed by atoms with Crippen molar-refractivity contribution in [3.05, 3.63) is 0 Å². The predicted molar refractivity (Wildman–Crippen MR) is 73.5 cm³/mol. The monoisotopic (exact) mass is 242 g/mol. The van der Waals surface area contributed by atoms with Crippen molar-refractivity contribution in [2.24, 2.45) is 0 Å². The van der Waals surface area contributed by atoms with E-state index in [0.717, 1.165) is 19.8 Å². The Labute approximate surface area is 107 Å². The topological polar surface area (TPSA) is 24.5 Å². The minimum atomic E-state index is 0.586. The zero-order chi connectivity index (χ0) is 12.3. The van der Waals surface area contributed by atoms with Gasteiger partial charge in [-0.1, -0.05) is 19.8 Å². The fourth-order valence-electron chi connectivity index (χ4n) is 2.32. The molecular weight excluding hydrogens is 212 g/mol. The molecule has 1 rings (SSSR count). The van der Waals surface area contributed by atoms with E-state index < -0.39 is 0 Å². The molecule has 0 spiro atoms. The minimum absolute atomic E-state index is 0.586. The quantitative estimate of drug-likeness (QED) is 0.628. The Hall–Kier alpha value is -0.120. The lowest BCUT2D eigenvalue weighted by Gasteiger charge is -2.29. The molecule has 1 atom stereocenters. The summed E-state index contributed by atoms with van der Waals surface area (Å²) in [4.78, 5) is 2.58. The summed E-state index contributed by atoms with van der Waals surface area (Å²) >= 11 is 0. The van der Waals surface area contributed by atoms with Gasteiger partial charge in [0.15, 0.2) is 0 Å². The Bertz CT molecular complexity index is 170. The second-order valence-corrected chi connectivity index (χ2v) is 5.18. The number of ether oxygens (including phenoxy) is 1. The zero-order valence-corrected chi connectivity index (χ0v) is 11.7. The van der Waals surface area contributed by atoms with Crippen LogP contribution in [0.4, 0.5) is 0 Å². The van der Waals surface area contributed by atoms with Crippen molar-refractivity contribution in [3.8, 4) is 0 Å². The van der Waals surface area contributed by atoms with Gasteiger partial charge in [0.05, 0.1) is 6.61 Å². The lowest BCUT2D eigenvalue weighted by molar-refractivity contribution is 0.128. The van der Waals surface area contributed by atoms with Crippen LogP contribution in [0.2, 0.25) is 0 Å². The van der Waals surface area contributed by atoms with Gasteiger partial charge in [0.2, 0.25) is 0 Å². The predicted octanol–water partition coefficient (Wildman–Crippen LogP) is 2.27. The highest BCUT2D eigenvalue weighted by Crippen LogP contribution is 2.08. The average Bonchev–Trinajstić information content (AvgIpc) is 2.35. The molecule has 1 unspecified atom stereocenters. The Morgan fingerprint density at radius 1 is 1.18 bits per heavy atom. The number of likely N-dealkylation sites (tertiary alicyclic amines) is 1. The van der Waals surface area contributed by atoms with Gasteiger partial charge in [-0.15, -0.1) is 0 Å². The molecule has 0 radical (unpaired) electrons. The first-order valence-electron chi connectivity index (χ1n) is 7.36. The van der Waals surface area contributed by atoms with E-state index in [2.05, 4.69) is 24.1 Å². The Morgan fingerprint density at radius 3 is 2.65 bits per heavy atom. The fraction of sp³-hybridized carbons (Fsp3) is 1.00. The number of hydrogen-bond acceptors (Lipinski definition) is 3. The van der Waals surface area contributed by atoms with Crippen molar-refractivity contribution < 1.29 is 4.74 Å². The van der Waals surface area contributed by atoms with Gasteiger partial charge in [0.25, 0.3) is 0 Å². The second-order valence-electron chi connectivity index (χ2n) is 5.18. The molecule has 0 bridgehead atoms. The van der Waals surface area contributed by atoms with Gasteiger partial charge in [-0.3, -0.25) is 0 Å². The number of nitrogens with one attached hydrogen (secondary N) is 1. The summed E-state index contributed by atoms with van der Waals surface area (Å²) < 4.78 is 5.54. The van der Waals surface area contributed by atoms with E-state index in [4.69, 9.17) is 4.74 Å². The van der Waals surface area contributed by atoms with Gasteiger partial charge in [0, 0.05) is 25.7 Å². The van der Waals surface area contributed by atoms with Crippen molar-refractivity contribution in [2.45, 2.75) is 52.0 Å². The average molecular weight is 242 g/mol. The Kier molecular flexibility index (Phi) is 8.67. The third-order valence-electron chi connectivity index (χ3n) is 3.36. The van der Waals surface area contributed by atoms with E-state index in [1.54, 1.807) is 0 Å². The molecule has 0 aromatic rings. The van der Waals surface area contributed by atoms with Gasteiger partial charge < -0.3 is 15.0 Å². The normalized spacial score (nSPS) is 19.4. The summed E-state index contributed by atoms with van der Waals surface area (Å²) in [6, 6.07) is 0.586. The second kappa shape index (κ2) is 9.86. The number of piperidine rings is 1. The minimum Gasteiger partial charge on any atom is -0.380 e. The van der Waals surface area contributed by atoms with Crippen LogP contribution in [0.1, 0.15) is 46.0 Å². The molecule has 3 heteroatoms. The molecule has 0 aliphatic carbocycles. The van der Waals surface area contributed by atoms with Gasteiger partial charge in [-0.05, 0) is 39.3 Å². The van der Waals surface area contributed by atoms with Gasteiger partial charge in [0.1, 0.15) is 0 Å². The van der Waals surface area contributed by atoms with Crippen molar-refractivity contribution in [3.63, 3.8) is 0 Å². The number of hydrogen-bond donors (Lipinski definition) is 1. The van der Waals surface area contributed by atoms with Crippen LogP contribution >= 0.6 is 0 Å². The number of rotatable bonds is 9. The molecule has 0 aromatic heterocycles. The standard InChI is InChI=1S/C14H30N2O/c1-3-4-11-17-12-8-15-14(2)13-16-9-6-5-7-10-16/h14-15H,3-13H2,1-2H3. The van der Waals surface area contributed by atoms with Crippen molar-refractivity contribution in [1.29, 1.82) is 0 Å². The molecule has 102 valence electrons. The molecule has 1 N–H and O–H groups in total. The Balaban J connectivity index is 1.91. The summed E-state index contributed by atoms with van der Waals surface area (Å²) in [5.41, 5.74) is 0. The first-order chi connectivity index (χ1) is 8.33. The summed E-state index contributed by atoms with van der Waals surface area (Å²) in [5.74, 6) is 0. The third-order valence-corrected chi connectivity index (χ3v) is 3.36. The summed E-state index contributed by atoms with van der Waals surface area (Å²) in [6.45, 7) is 11.0. The third kappa shape index (κ3) is 7.74. The molecule has 17 heavy (non-hydrogen) atoms. The molecular formula is C14H30N2O. The first kappa shape index (κ1) is 14.9. The van der Waals surface area contributed by atoms with Crippen LogP contribution < -0.4 is 5.32 Å². The summed E-state index contributed by atoms with van der Waals surface area (Å²) in [6.07, 6.45) is 6.59. The van der Waals surface area contributed by atoms with E-state index in [1.165, 1.54) is 51.7 Å². The Morgan fingerprint density at radius 2 is 1.94 bits per heavy atom. The van der Waals surface area contributed by atoms with Crippen molar-refractivity contribution in [2.75, 3.05) is 39.4 Å². The van der Waals surface area contributed by atoms with Crippen LogP contribution in [0.5, 0.6) is 0 Å². The molecule has 1 fully saturated rings. The lowest BCUT2D eigenvalue weighted by Crippen LogP contribution is -2.42. The lowest BCUT2D eigenvalue weighted by atomic mass is 10.1. The highest BCUT2D eigenvalue weighted by atomic mass is 16.5. The maximum absolute atomic E-state index is 5.54. The molecule has 1 saturated heterocycles. The number of nitrogens with zero attached hydrogens (tertiary/aromatic N) is 1. The smallest absolute Gasteiger partial charge is 0.0591 e. The molecule has 0 amide bonds. The SMILES string of the molecule is CCCCOCCNC(C)CN1CCCCC1. The highest BCUT2D eigenvalue weighted by Gasteiger charge is 2.12. The van der Waals surface area contributed by atoms with Crippen molar-refractivity contribution in [1.82, 2.24) is 10.2 Å². The highest BCUT2D eigenvalue weighted by molar-refractivity contribution is 4.70. The maximum Gasteiger partial charge on any atom is 0.0591 e. The number of unbranched alkanes of at least 4 members (excludes halogenated alkanes) is 1. The maximum atomic E-state index is 5.54. The van der Waals surface area contributed by atoms with Crippen LogP contribution in [-0.4, -0.2) is 50.3 Å². The van der Waals surface area contributed by atoms with Crippen LogP contribution in [0, 0.1) is 0 Å². The zero-order valence-electron chi connectivity index (χ0n) is 11.7. The van der Waals surface area contributed by atoms with Gasteiger partial charge in [-0.2, -0.15) is 0 Å². The van der Waals surface area contributed by atoms with E-state index >= 15 is 0 Å². The van der Waals surface area contributed by atoms with Gasteiger partial charge >= 0.3 is 0 Å². The first-order valence-corrected chi connectivity index (χ1v) is 7.36. The molecule has 1 aliphatic rings. The molecule has 1 aliphatic heterocycles. The van der Waals surface area contributed by atoms with Crippen molar-refractivity contribution >= 4 is 0 Å². The molecule has 0 aromatic carbocycles. The van der Waals surface area contributed by atoms with Crippen LogP contribution in [0.15, 0.2) is 0 Å². The van der Waals surface area contributed by atoms with E-state index in [-0.39, 0.29) is 0 Å². The van der Waals surface area contributed by atoms with E-state index in [1.807, 2.05) is 0 Å². The summed E-state index contributed by atoms with van der Waals surface area (Å²) in [5, 5.41) is 3.54. The van der Waals surface area contributed by atoms with Crippen LogP contribution in [0.25, 0.3) is 0 Å². The largest absolute Gasteiger partial charge is 0.380 e. The molecule has 1 heterocycles. The molecule has 3 nitrogen and oxygen atoms in total. The molecule has 0 saturated carbocycles. The van der Waals surface area contributed by atoms with E-state index in [0.29, 0.717) is 6.04 Å². The fourth-order valence-corrected chi connectivity index (χ4v) is 2.32. The summed E-state index contributed by atoms with van der Waals surface area (Å²) in [7, 11) is 0. The van der Waals surface area contributed by atoms with Gasteiger partial charge in [-0.25, -0.2) is 0 Å². The van der Waals surface area contributed by atoms with E-state index in [9.17, 15) is 0 Å². The van der Waals surface area contributed by atoms with Crippen LogP contribution in [-0.2, 0) is 4.74 Å². The van der Waals surface area contributed by atoms with Crippen LogP contribution in [0.3, 0.4) is 0 Å².